The summed E-state index contributed by atoms with van der Waals surface area (Å²) in [6.07, 6.45) is 0.581. The molecule has 6 nitrogen and oxygen atoms in total. The molecule has 0 saturated carbocycles. The molecule has 6 heteroatoms. The molecular formula is C13H21N5O. The Balaban J connectivity index is 1.96. The van der Waals surface area contributed by atoms with Gasteiger partial charge in [0.25, 0.3) is 0 Å². The average Bonchev–Trinajstić information content (AvgIpc) is 2.46. The number of aromatic nitrogens is 2. The van der Waals surface area contributed by atoms with E-state index < -0.39 is 0 Å². The van der Waals surface area contributed by atoms with Gasteiger partial charge in [-0.05, 0) is 12.1 Å². The lowest BCUT2D eigenvalue weighted by Gasteiger charge is -2.35. The molecule has 0 N–H and O–H groups in total. The predicted molar refractivity (Wildman–Crippen MR) is 75.4 cm³/mol. The van der Waals surface area contributed by atoms with Crippen LogP contribution in [0.5, 0.6) is 0 Å². The highest BCUT2D eigenvalue weighted by Crippen LogP contribution is 2.15. The Kier molecular flexibility index (Phi) is 4.19. The molecule has 0 bridgehead atoms. The molecule has 0 spiro atoms. The Labute approximate surface area is 114 Å². The van der Waals surface area contributed by atoms with E-state index in [9.17, 15) is 4.79 Å². The van der Waals surface area contributed by atoms with Gasteiger partial charge in [-0.3, -0.25) is 4.79 Å². The highest BCUT2D eigenvalue weighted by Gasteiger charge is 2.20. The van der Waals surface area contributed by atoms with E-state index in [-0.39, 0.29) is 5.91 Å². The van der Waals surface area contributed by atoms with Crippen molar-refractivity contribution in [3.63, 3.8) is 0 Å². The van der Waals surface area contributed by atoms with Gasteiger partial charge in [-0.25, -0.2) is 0 Å². The van der Waals surface area contributed by atoms with Crippen molar-refractivity contribution in [3.05, 3.63) is 12.1 Å². The van der Waals surface area contributed by atoms with Gasteiger partial charge in [0.2, 0.25) is 5.91 Å². The normalized spacial score (nSPS) is 15.5. The molecular weight excluding hydrogens is 242 g/mol. The van der Waals surface area contributed by atoms with E-state index >= 15 is 0 Å². The summed E-state index contributed by atoms with van der Waals surface area (Å²) in [5.41, 5.74) is 0. The summed E-state index contributed by atoms with van der Waals surface area (Å²) in [4.78, 5) is 17.6. The first kappa shape index (κ1) is 13.6. The van der Waals surface area contributed by atoms with Crippen LogP contribution in [-0.4, -0.2) is 61.3 Å². The monoisotopic (exact) mass is 263 g/mol. The van der Waals surface area contributed by atoms with Crippen molar-refractivity contribution in [1.29, 1.82) is 0 Å². The van der Waals surface area contributed by atoms with Crippen molar-refractivity contribution < 1.29 is 4.79 Å². The second-order valence-electron chi connectivity index (χ2n) is 4.87. The number of hydrogen-bond donors (Lipinski definition) is 0. The predicted octanol–water partition coefficient (Wildman–Crippen LogP) is 0.601. The van der Waals surface area contributed by atoms with E-state index in [0.717, 1.165) is 37.8 Å². The Hall–Kier alpha value is -1.85. The zero-order chi connectivity index (χ0) is 13.8. The molecule has 0 aromatic carbocycles. The first-order valence-electron chi connectivity index (χ1n) is 6.65. The Morgan fingerprint density at radius 2 is 1.89 bits per heavy atom. The SMILES string of the molecule is CCC(=O)N1CCN(c2ccc(N(C)C)nn2)CC1. The third-order valence-corrected chi connectivity index (χ3v) is 3.35. The molecule has 104 valence electrons. The maximum atomic E-state index is 11.6. The van der Waals surface area contributed by atoms with Gasteiger partial charge in [0.05, 0.1) is 0 Å². The third-order valence-electron chi connectivity index (χ3n) is 3.35. The van der Waals surface area contributed by atoms with E-state index in [1.54, 1.807) is 0 Å². The zero-order valence-corrected chi connectivity index (χ0v) is 11.8. The van der Waals surface area contributed by atoms with Crippen LogP contribution in [0.4, 0.5) is 11.6 Å². The van der Waals surface area contributed by atoms with Gasteiger partial charge >= 0.3 is 0 Å². The Morgan fingerprint density at radius 3 is 2.37 bits per heavy atom. The molecule has 0 atom stereocenters. The van der Waals surface area contributed by atoms with Crippen molar-refractivity contribution in [3.8, 4) is 0 Å². The molecule has 1 aliphatic rings. The molecule has 0 unspecified atom stereocenters. The van der Waals surface area contributed by atoms with Crippen molar-refractivity contribution in [1.82, 2.24) is 15.1 Å². The summed E-state index contributed by atoms with van der Waals surface area (Å²) < 4.78 is 0. The molecule has 1 amide bonds. The van der Waals surface area contributed by atoms with Gasteiger partial charge in [-0.15, -0.1) is 10.2 Å². The van der Waals surface area contributed by atoms with E-state index in [1.165, 1.54) is 0 Å². The van der Waals surface area contributed by atoms with Gasteiger partial charge in [0.15, 0.2) is 11.6 Å². The summed E-state index contributed by atoms with van der Waals surface area (Å²) in [6.45, 7) is 5.08. The van der Waals surface area contributed by atoms with Gasteiger partial charge in [-0.1, -0.05) is 6.92 Å². The zero-order valence-electron chi connectivity index (χ0n) is 11.8. The number of carbonyl (C=O) groups is 1. The highest BCUT2D eigenvalue weighted by molar-refractivity contribution is 5.76. The van der Waals surface area contributed by atoms with Crippen LogP contribution >= 0.6 is 0 Å². The first-order chi connectivity index (χ1) is 9.11. The quantitative estimate of drug-likeness (QED) is 0.799. The minimum absolute atomic E-state index is 0.230. The summed E-state index contributed by atoms with van der Waals surface area (Å²) >= 11 is 0. The molecule has 1 saturated heterocycles. The van der Waals surface area contributed by atoms with Crippen LogP contribution in [0.15, 0.2) is 12.1 Å². The molecule has 1 aromatic heterocycles. The van der Waals surface area contributed by atoms with Gasteiger partial charge in [0, 0.05) is 46.7 Å². The Morgan fingerprint density at radius 1 is 1.21 bits per heavy atom. The van der Waals surface area contributed by atoms with Crippen molar-refractivity contribution >= 4 is 17.5 Å². The lowest BCUT2D eigenvalue weighted by atomic mass is 10.3. The van der Waals surface area contributed by atoms with E-state index in [1.807, 2.05) is 43.0 Å². The molecule has 19 heavy (non-hydrogen) atoms. The number of carbonyl (C=O) groups excluding carboxylic acids is 1. The molecule has 1 aromatic rings. The standard InChI is InChI=1S/C13H21N5O/c1-4-13(19)18-9-7-17(8-10-18)12-6-5-11(14-15-12)16(2)3/h5-6H,4,7-10H2,1-3H3. The first-order valence-corrected chi connectivity index (χ1v) is 6.65. The van der Waals surface area contributed by atoms with Crippen LogP contribution in [0.1, 0.15) is 13.3 Å². The van der Waals surface area contributed by atoms with Crippen LogP contribution in [0.25, 0.3) is 0 Å². The van der Waals surface area contributed by atoms with Crippen molar-refractivity contribution in [2.45, 2.75) is 13.3 Å². The lowest BCUT2D eigenvalue weighted by Crippen LogP contribution is -2.48. The highest BCUT2D eigenvalue weighted by atomic mass is 16.2. The molecule has 1 aliphatic heterocycles. The fraction of sp³-hybridized carbons (Fsp3) is 0.615. The van der Waals surface area contributed by atoms with Gasteiger partial charge in [-0.2, -0.15) is 0 Å². The maximum absolute atomic E-state index is 11.6. The second kappa shape index (κ2) is 5.86. The maximum Gasteiger partial charge on any atom is 0.222 e. The van der Waals surface area contributed by atoms with Crippen LogP contribution in [0.3, 0.4) is 0 Å². The number of nitrogens with zero attached hydrogens (tertiary/aromatic N) is 5. The van der Waals surface area contributed by atoms with Crippen LogP contribution in [0, 0.1) is 0 Å². The second-order valence-corrected chi connectivity index (χ2v) is 4.87. The molecule has 0 aliphatic carbocycles. The number of amides is 1. The smallest absolute Gasteiger partial charge is 0.222 e. The van der Waals surface area contributed by atoms with Crippen molar-refractivity contribution in [2.75, 3.05) is 50.1 Å². The largest absolute Gasteiger partial charge is 0.361 e. The lowest BCUT2D eigenvalue weighted by molar-refractivity contribution is -0.131. The van der Waals surface area contributed by atoms with E-state index in [2.05, 4.69) is 15.1 Å². The minimum Gasteiger partial charge on any atom is -0.361 e. The average molecular weight is 263 g/mol. The summed E-state index contributed by atoms with van der Waals surface area (Å²) in [5.74, 6) is 1.96. The number of piperazine rings is 1. The minimum atomic E-state index is 0.230. The number of rotatable bonds is 3. The van der Waals surface area contributed by atoms with Crippen LogP contribution in [0.2, 0.25) is 0 Å². The molecule has 2 heterocycles. The third kappa shape index (κ3) is 3.13. The number of anilines is 2. The molecule has 2 rings (SSSR count). The van der Waals surface area contributed by atoms with Gasteiger partial charge < -0.3 is 14.7 Å². The fourth-order valence-corrected chi connectivity index (χ4v) is 2.13. The summed E-state index contributed by atoms with van der Waals surface area (Å²) in [7, 11) is 3.89. The topological polar surface area (TPSA) is 52.6 Å². The van der Waals surface area contributed by atoms with E-state index in [0.29, 0.717) is 6.42 Å². The van der Waals surface area contributed by atoms with Crippen LogP contribution < -0.4 is 9.80 Å². The van der Waals surface area contributed by atoms with Crippen LogP contribution in [-0.2, 0) is 4.79 Å². The number of hydrogen-bond acceptors (Lipinski definition) is 5. The van der Waals surface area contributed by atoms with Crippen molar-refractivity contribution in [2.24, 2.45) is 0 Å². The summed E-state index contributed by atoms with van der Waals surface area (Å²) in [5, 5.41) is 8.42. The fourth-order valence-electron chi connectivity index (χ4n) is 2.13. The molecule has 0 radical (unpaired) electrons. The Bertz CT molecular complexity index is 423. The molecule has 1 fully saturated rings. The van der Waals surface area contributed by atoms with Gasteiger partial charge in [0.1, 0.15) is 0 Å². The van der Waals surface area contributed by atoms with E-state index in [4.69, 9.17) is 0 Å². The summed E-state index contributed by atoms with van der Waals surface area (Å²) in [6, 6.07) is 3.95.